The zero-order valence-corrected chi connectivity index (χ0v) is 12.1. The standard InChI is InChI=1S/C19H16O3/c20-14-17-7-3-4-8-19(17)22-12-11-21-18-10-9-15-5-1-2-6-16(15)13-18/h1-10,13-14H,11-12H2. The van der Waals surface area contributed by atoms with Gasteiger partial charge in [-0.1, -0.05) is 42.5 Å². The van der Waals surface area contributed by atoms with Crippen LogP contribution in [0.5, 0.6) is 11.5 Å². The van der Waals surface area contributed by atoms with E-state index in [4.69, 9.17) is 9.47 Å². The molecule has 3 rings (SSSR count). The van der Waals surface area contributed by atoms with E-state index < -0.39 is 0 Å². The molecular formula is C19H16O3. The van der Waals surface area contributed by atoms with Crippen molar-refractivity contribution in [2.45, 2.75) is 0 Å². The fourth-order valence-corrected chi connectivity index (χ4v) is 2.28. The van der Waals surface area contributed by atoms with Crippen molar-refractivity contribution in [2.75, 3.05) is 13.2 Å². The topological polar surface area (TPSA) is 35.5 Å². The van der Waals surface area contributed by atoms with Crippen LogP contribution in [0.3, 0.4) is 0 Å². The Morgan fingerprint density at radius 2 is 1.50 bits per heavy atom. The highest BCUT2D eigenvalue weighted by molar-refractivity contribution is 5.83. The maximum atomic E-state index is 10.9. The summed E-state index contributed by atoms with van der Waals surface area (Å²) in [6.45, 7) is 0.809. The lowest BCUT2D eigenvalue weighted by Crippen LogP contribution is -2.09. The molecular weight excluding hydrogens is 276 g/mol. The normalized spacial score (nSPS) is 10.4. The van der Waals surface area contributed by atoms with Crippen LogP contribution < -0.4 is 9.47 Å². The first kappa shape index (κ1) is 14.1. The SMILES string of the molecule is O=Cc1ccccc1OCCOc1ccc2ccccc2c1. The number of para-hydroxylation sites is 1. The summed E-state index contributed by atoms with van der Waals surface area (Å²) >= 11 is 0. The largest absolute Gasteiger partial charge is 0.490 e. The molecule has 0 atom stereocenters. The van der Waals surface area contributed by atoms with E-state index in [-0.39, 0.29) is 0 Å². The van der Waals surface area contributed by atoms with Crippen LogP contribution >= 0.6 is 0 Å². The number of carbonyl (C=O) groups excluding carboxylic acids is 1. The molecule has 0 amide bonds. The zero-order valence-electron chi connectivity index (χ0n) is 12.1. The number of hydrogen-bond donors (Lipinski definition) is 0. The first-order chi connectivity index (χ1) is 10.9. The Labute approximate surface area is 129 Å². The highest BCUT2D eigenvalue weighted by Crippen LogP contribution is 2.20. The summed E-state index contributed by atoms with van der Waals surface area (Å²) in [5.41, 5.74) is 0.549. The summed E-state index contributed by atoms with van der Waals surface area (Å²) in [6.07, 6.45) is 0.791. The van der Waals surface area contributed by atoms with Gasteiger partial charge in [0.05, 0.1) is 5.56 Å². The van der Waals surface area contributed by atoms with Gasteiger partial charge in [0.1, 0.15) is 24.7 Å². The molecule has 3 aromatic rings. The van der Waals surface area contributed by atoms with Gasteiger partial charge in [-0.25, -0.2) is 0 Å². The molecule has 0 unspecified atom stereocenters. The van der Waals surface area contributed by atoms with Gasteiger partial charge < -0.3 is 9.47 Å². The average Bonchev–Trinajstić information content (AvgIpc) is 2.59. The minimum atomic E-state index is 0.387. The lowest BCUT2D eigenvalue weighted by Gasteiger charge is -2.10. The molecule has 0 aliphatic heterocycles. The van der Waals surface area contributed by atoms with Gasteiger partial charge in [0, 0.05) is 0 Å². The summed E-state index contributed by atoms with van der Waals surface area (Å²) in [4.78, 5) is 10.9. The molecule has 0 aliphatic rings. The molecule has 0 radical (unpaired) electrons. The van der Waals surface area contributed by atoms with E-state index in [1.807, 2.05) is 42.5 Å². The van der Waals surface area contributed by atoms with Crippen molar-refractivity contribution in [2.24, 2.45) is 0 Å². The Balaban J connectivity index is 1.57. The van der Waals surface area contributed by atoms with Crippen molar-refractivity contribution < 1.29 is 14.3 Å². The molecule has 22 heavy (non-hydrogen) atoms. The summed E-state index contributed by atoms with van der Waals surface area (Å²) in [5, 5.41) is 2.33. The lowest BCUT2D eigenvalue weighted by atomic mass is 10.1. The van der Waals surface area contributed by atoms with Gasteiger partial charge in [-0.05, 0) is 35.0 Å². The van der Waals surface area contributed by atoms with Gasteiger partial charge in [0.15, 0.2) is 6.29 Å². The molecule has 0 aromatic heterocycles. The third kappa shape index (κ3) is 3.26. The lowest BCUT2D eigenvalue weighted by molar-refractivity contribution is 0.111. The number of ether oxygens (including phenoxy) is 2. The second-order valence-electron chi connectivity index (χ2n) is 4.86. The van der Waals surface area contributed by atoms with Gasteiger partial charge >= 0.3 is 0 Å². The van der Waals surface area contributed by atoms with Crippen LogP contribution in [0.1, 0.15) is 10.4 Å². The predicted octanol–water partition coefficient (Wildman–Crippen LogP) is 4.11. The summed E-state index contributed by atoms with van der Waals surface area (Å²) in [6, 6.07) is 21.3. The molecule has 0 saturated heterocycles. The van der Waals surface area contributed by atoms with Crippen LogP contribution in [0.2, 0.25) is 0 Å². The molecule has 0 aliphatic carbocycles. The van der Waals surface area contributed by atoms with Crippen molar-refractivity contribution in [1.29, 1.82) is 0 Å². The molecule has 0 heterocycles. The summed E-state index contributed by atoms with van der Waals surface area (Å²) in [7, 11) is 0. The first-order valence-corrected chi connectivity index (χ1v) is 7.15. The molecule has 0 bridgehead atoms. The quantitative estimate of drug-likeness (QED) is 0.506. The molecule has 3 heteroatoms. The summed E-state index contributed by atoms with van der Waals surface area (Å²) < 4.78 is 11.3. The van der Waals surface area contributed by atoms with E-state index in [1.165, 1.54) is 5.39 Å². The number of fused-ring (bicyclic) bond motifs is 1. The number of hydrogen-bond acceptors (Lipinski definition) is 3. The molecule has 0 fully saturated rings. The molecule has 110 valence electrons. The van der Waals surface area contributed by atoms with Crippen molar-refractivity contribution in [3.63, 3.8) is 0 Å². The highest BCUT2D eigenvalue weighted by atomic mass is 16.5. The maximum Gasteiger partial charge on any atom is 0.153 e. The Hall–Kier alpha value is -2.81. The van der Waals surface area contributed by atoms with Gasteiger partial charge in [-0.15, -0.1) is 0 Å². The van der Waals surface area contributed by atoms with Crippen LogP contribution in [0.25, 0.3) is 10.8 Å². The van der Waals surface area contributed by atoms with Crippen LogP contribution in [0.4, 0.5) is 0 Å². The molecule has 0 spiro atoms. The van der Waals surface area contributed by atoms with Gasteiger partial charge in [0.25, 0.3) is 0 Å². The molecule has 0 saturated carbocycles. The van der Waals surface area contributed by atoms with Crippen molar-refractivity contribution in [1.82, 2.24) is 0 Å². The zero-order chi connectivity index (χ0) is 15.2. The number of rotatable bonds is 6. The Morgan fingerprint density at radius 3 is 2.36 bits per heavy atom. The van der Waals surface area contributed by atoms with E-state index in [0.717, 1.165) is 17.4 Å². The highest BCUT2D eigenvalue weighted by Gasteiger charge is 2.02. The monoisotopic (exact) mass is 292 g/mol. The van der Waals surface area contributed by atoms with Gasteiger partial charge in [-0.2, -0.15) is 0 Å². The van der Waals surface area contributed by atoms with Gasteiger partial charge in [-0.3, -0.25) is 4.79 Å². The minimum absolute atomic E-state index is 0.387. The van der Waals surface area contributed by atoms with Gasteiger partial charge in [0.2, 0.25) is 0 Å². The van der Waals surface area contributed by atoms with E-state index in [0.29, 0.717) is 24.5 Å². The average molecular weight is 292 g/mol. The van der Waals surface area contributed by atoms with E-state index in [9.17, 15) is 4.79 Å². The third-order valence-electron chi connectivity index (χ3n) is 3.38. The van der Waals surface area contributed by atoms with Crippen LogP contribution in [-0.2, 0) is 0 Å². The fourth-order valence-electron chi connectivity index (χ4n) is 2.28. The maximum absolute atomic E-state index is 10.9. The minimum Gasteiger partial charge on any atom is -0.490 e. The van der Waals surface area contributed by atoms with Crippen LogP contribution in [-0.4, -0.2) is 19.5 Å². The number of carbonyl (C=O) groups is 1. The van der Waals surface area contributed by atoms with Crippen molar-refractivity contribution in [3.05, 3.63) is 72.3 Å². The second-order valence-corrected chi connectivity index (χ2v) is 4.86. The summed E-state index contributed by atoms with van der Waals surface area (Å²) in [5.74, 6) is 1.39. The van der Waals surface area contributed by atoms with Crippen LogP contribution in [0.15, 0.2) is 66.7 Å². The molecule has 3 aromatic carbocycles. The predicted molar refractivity (Wildman–Crippen MR) is 86.8 cm³/mol. The smallest absolute Gasteiger partial charge is 0.153 e. The van der Waals surface area contributed by atoms with E-state index in [1.54, 1.807) is 12.1 Å². The second kappa shape index (κ2) is 6.76. The Morgan fingerprint density at radius 1 is 0.773 bits per heavy atom. The fraction of sp³-hybridized carbons (Fsp3) is 0.105. The van der Waals surface area contributed by atoms with E-state index in [2.05, 4.69) is 12.1 Å². The first-order valence-electron chi connectivity index (χ1n) is 7.15. The number of benzene rings is 3. The number of aldehydes is 1. The third-order valence-corrected chi connectivity index (χ3v) is 3.38. The Bertz CT molecular complexity index is 780. The van der Waals surface area contributed by atoms with Crippen molar-refractivity contribution in [3.8, 4) is 11.5 Å². The molecule has 3 nitrogen and oxygen atoms in total. The van der Waals surface area contributed by atoms with E-state index >= 15 is 0 Å². The molecule has 0 N–H and O–H groups in total. The van der Waals surface area contributed by atoms with Crippen molar-refractivity contribution >= 4 is 17.1 Å². The Kier molecular flexibility index (Phi) is 4.35. The van der Waals surface area contributed by atoms with Crippen LogP contribution in [0, 0.1) is 0 Å².